The Morgan fingerprint density at radius 2 is 1.82 bits per heavy atom. The zero-order valence-electron chi connectivity index (χ0n) is 11.7. The van der Waals surface area contributed by atoms with Crippen LogP contribution in [0.2, 0.25) is 0 Å². The highest BCUT2D eigenvalue weighted by Gasteiger charge is 2.10. The number of hydrogen-bond acceptors (Lipinski definition) is 4. The molecular weight excluding hydrogens is 286 g/mol. The normalized spacial score (nSPS) is 10.0. The van der Waals surface area contributed by atoms with Crippen molar-refractivity contribution in [2.45, 2.75) is 6.42 Å². The fourth-order valence-corrected chi connectivity index (χ4v) is 1.76. The van der Waals surface area contributed by atoms with Crippen molar-refractivity contribution in [1.82, 2.24) is 0 Å². The molecule has 0 spiro atoms. The molecule has 114 valence electrons. The van der Waals surface area contributed by atoms with Gasteiger partial charge in [0.15, 0.2) is 0 Å². The molecule has 0 atom stereocenters. The second-order valence-corrected chi connectivity index (χ2v) is 4.50. The number of benzene rings is 2. The lowest BCUT2D eigenvalue weighted by molar-refractivity contribution is -0.116. The van der Waals surface area contributed by atoms with Gasteiger partial charge in [-0.3, -0.25) is 4.79 Å². The molecule has 0 aliphatic heterocycles. The summed E-state index contributed by atoms with van der Waals surface area (Å²) in [5.74, 6) is -1.11. The van der Waals surface area contributed by atoms with E-state index in [4.69, 9.17) is 9.84 Å². The van der Waals surface area contributed by atoms with Crippen LogP contribution in [-0.2, 0) is 4.79 Å². The number of carbonyl (C=O) groups is 2. The van der Waals surface area contributed by atoms with Gasteiger partial charge in [0.05, 0.1) is 24.3 Å². The first-order chi connectivity index (χ1) is 10.6. The Balaban J connectivity index is 1.85. The summed E-state index contributed by atoms with van der Waals surface area (Å²) in [5.41, 5.74) is 0.109. The van der Waals surface area contributed by atoms with Crippen LogP contribution in [0.3, 0.4) is 0 Å². The maximum absolute atomic E-state index is 11.8. The van der Waals surface area contributed by atoms with Crippen LogP contribution in [0.4, 0.5) is 5.69 Å². The van der Waals surface area contributed by atoms with Gasteiger partial charge in [0.25, 0.3) is 0 Å². The van der Waals surface area contributed by atoms with Gasteiger partial charge in [-0.2, -0.15) is 0 Å². The molecule has 0 aliphatic carbocycles. The summed E-state index contributed by atoms with van der Waals surface area (Å²) in [6.45, 7) is 0.198. The average Bonchev–Trinajstić information content (AvgIpc) is 2.50. The summed E-state index contributed by atoms with van der Waals surface area (Å²) >= 11 is 0. The van der Waals surface area contributed by atoms with Crippen LogP contribution in [0.5, 0.6) is 11.5 Å². The predicted octanol–water partition coefficient (Wildman–Crippen LogP) is 2.50. The van der Waals surface area contributed by atoms with Crippen molar-refractivity contribution < 1.29 is 24.5 Å². The molecule has 2 aromatic carbocycles. The van der Waals surface area contributed by atoms with E-state index < -0.39 is 5.97 Å². The van der Waals surface area contributed by atoms with Gasteiger partial charge in [0.1, 0.15) is 11.5 Å². The minimum absolute atomic E-state index is 0.0529. The van der Waals surface area contributed by atoms with E-state index in [0.717, 1.165) is 6.07 Å². The number of phenols is 1. The minimum atomic E-state index is -1.15. The van der Waals surface area contributed by atoms with E-state index in [1.54, 1.807) is 12.1 Å². The minimum Gasteiger partial charge on any atom is -0.506 e. The molecule has 0 radical (unpaired) electrons. The molecule has 0 saturated heterocycles. The Morgan fingerprint density at radius 3 is 2.45 bits per heavy atom. The lowest BCUT2D eigenvalue weighted by atomic mass is 10.2. The number of phenolic OH excluding ortho intramolecular Hbond substituents is 1. The number of carboxylic acid groups (broad SMARTS) is 1. The molecule has 0 unspecified atom stereocenters. The summed E-state index contributed by atoms with van der Waals surface area (Å²) in [6.07, 6.45) is 0.106. The molecule has 2 aromatic rings. The monoisotopic (exact) mass is 301 g/mol. The van der Waals surface area contributed by atoms with Crippen molar-refractivity contribution in [3.8, 4) is 11.5 Å². The van der Waals surface area contributed by atoms with E-state index in [2.05, 4.69) is 5.32 Å². The lowest BCUT2D eigenvalue weighted by Crippen LogP contribution is -2.15. The van der Waals surface area contributed by atoms with Crippen LogP contribution in [-0.4, -0.2) is 28.7 Å². The SMILES string of the molecule is O=C(CCOc1ccccc1)Nc1ccc(C(=O)O)cc1O. The van der Waals surface area contributed by atoms with Crippen molar-refractivity contribution in [3.63, 3.8) is 0 Å². The second kappa shape index (κ2) is 7.12. The van der Waals surface area contributed by atoms with Crippen LogP contribution < -0.4 is 10.1 Å². The summed E-state index contributed by atoms with van der Waals surface area (Å²) in [7, 11) is 0. The fraction of sp³-hybridized carbons (Fsp3) is 0.125. The summed E-state index contributed by atoms with van der Waals surface area (Å²) in [4.78, 5) is 22.5. The third kappa shape index (κ3) is 4.24. The Bertz CT molecular complexity index is 669. The highest BCUT2D eigenvalue weighted by molar-refractivity contribution is 5.94. The Hall–Kier alpha value is -3.02. The van der Waals surface area contributed by atoms with Crippen LogP contribution in [0, 0.1) is 0 Å². The van der Waals surface area contributed by atoms with E-state index in [-0.39, 0.29) is 35.9 Å². The number of ether oxygens (including phenoxy) is 1. The molecule has 0 aromatic heterocycles. The van der Waals surface area contributed by atoms with E-state index >= 15 is 0 Å². The van der Waals surface area contributed by atoms with Crippen LogP contribution in [0.1, 0.15) is 16.8 Å². The first kappa shape index (κ1) is 15.4. The number of nitrogens with one attached hydrogen (secondary N) is 1. The quantitative estimate of drug-likeness (QED) is 0.712. The van der Waals surface area contributed by atoms with Gasteiger partial charge >= 0.3 is 5.97 Å². The number of carboxylic acids is 1. The molecule has 22 heavy (non-hydrogen) atoms. The van der Waals surface area contributed by atoms with E-state index in [1.165, 1.54) is 12.1 Å². The Morgan fingerprint density at radius 1 is 1.09 bits per heavy atom. The van der Waals surface area contributed by atoms with Gasteiger partial charge in [-0.25, -0.2) is 4.79 Å². The smallest absolute Gasteiger partial charge is 0.335 e. The summed E-state index contributed by atoms with van der Waals surface area (Å²) in [5, 5.41) is 21.0. The number of para-hydroxylation sites is 1. The van der Waals surface area contributed by atoms with Crippen molar-refractivity contribution >= 4 is 17.6 Å². The van der Waals surface area contributed by atoms with Gasteiger partial charge in [0, 0.05) is 0 Å². The molecule has 2 rings (SSSR count). The molecule has 0 bridgehead atoms. The standard InChI is InChI=1S/C16H15NO5/c18-14-10-11(16(20)21)6-7-13(14)17-15(19)8-9-22-12-4-2-1-3-5-12/h1-7,10,18H,8-9H2,(H,17,19)(H,20,21). The van der Waals surface area contributed by atoms with Gasteiger partial charge in [-0.15, -0.1) is 0 Å². The van der Waals surface area contributed by atoms with Crippen molar-refractivity contribution in [1.29, 1.82) is 0 Å². The van der Waals surface area contributed by atoms with Gasteiger partial charge < -0.3 is 20.3 Å². The van der Waals surface area contributed by atoms with Crippen molar-refractivity contribution in [3.05, 3.63) is 54.1 Å². The third-order valence-electron chi connectivity index (χ3n) is 2.86. The van der Waals surface area contributed by atoms with Crippen molar-refractivity contribution in [2.75, 3.05) is 11.9 Å². The Labute approximate surface area is 127 Å². The largest absolute Gasteiger partial charge is 0.506 e. The third-order valence-corrected chi connectivity index (χ3v) is 2.86. The maximum atomic E-state index is 11.8. The maximum Gasteiger partial charge on any atom is 0.335 e. The molecule has 0 saturated carbocycles. The fourth-order valence-electron chi connectivity index (χ4n) is 1.76. The molecule has 0 heterocycles. The topological polar surface area (TPSA) is 95.9 Å². The molecule has 6 heteroatoms. The van der Waals surface area contributed by atoms with E-state index in [0.29, 0.717) is 5.75 Å². The lowest BCUT2D eigenvalue weighted by Gasteiger charge is -2.09. The average molecular weight is 301 g/mol. The highest BCUT2D eigenvalue weighted by atomic mass is 16.5. The van der Waals surface area contributed by atoms with Crippen molar-refractivity contribution in [2.24, 2.45) is 0 Å². The first-order valence-electron chi connectivity index (χ1n) is 6.60. The molecule has 1 amide bonds. The molecular formula is C16H15NO5. The summed E-state index contributed by atoms with van der Waals surface area (Å²) < 4.78 is 5.39. The second-order valence-electron chi connectivity index (χ2n) is 4.50. The van der Waals surface area contributed by atoms with Crippen LogP contribution in [0.15, 0.2) is 48.5 Å². The number of amides is 1. The summed E-state index contributed by atoms with van der Waals surface area (Å²) in [6, 6.07) is 12.8. The number of anilines is 1. The number of aromatic hydroxyl groups is 1. The number of aromatic carboxylic acids is 1. The molecule has 6 nitrogen and oxygen atoms in total. The van der Waals surface area contributed by atoms with Crippen LogP contribution in [0.25, 0.3) is 0 Å². The molecule has 3 N–H and O–H groups in total. The van der Waals surface area contributed by atoms with E-state index in [1.807, 2.05) is 18.2 Å². The predicted molar refractivity (Wildman–Crippen MR) is 80.2 cm³/mol. The van der Waals surface area contributed by atoms with Gasteiger partial charge in [0.2, 0.25) is 5.91 Å². The number of carbonyl (C=O) groups excluding carboxylic acids is 1. The molecule has 0 aliphatic rings. The molecule has 0 fully saturated rings. The zero-order chi connectivity index (χ0) is 15.9. The highest BCUT2D eigenvalue weighted by Crippen LogP contribution is 2.24. The van der Waals surface area contributed by atoms with Gasteiger partial charge in [-0.05, 0) is 30.3 Å². The first-order valence-corrected chi connectivity index (χ1v) is 6.60. The number of rotatable bonds is 6. The van der Waals surface area contributed by atoms with E-state index in [9.17, 15) is 14.7 Å². The van der Waals surface area contributed by atoms with Crippen LogP contribution >= 0.6 is 0 Å². The number of hydrogen-bond donors (Lipinski definition) is 3. The Kier molecular flexibility index (Phi) is 4.98. The zero-order valence-corrected chi connectivity index (χ0v) is 11.7. The van der Waals surface area contributed by atoms with Gasteiger partial charge in [-0.1, -0.05) is 18.2 Å².